The zero-order chi connectivity index (χ0) is 15.7. The van der Waals surface area contributed by atoms with Gasteiger partial charge in [-0.2, -0.15) is 0 Å². The second kappa shape index (κ2) is 6.32. The summed E-state index contributed by atoms with van der Waals surface area (Å²) in [5.74, 6) is 0. The Hall–Kier alpha value is -0.490. The van der Waals surface area contributed by atoms with Crippen LogP contribution < -0.4 is 5.73 Å². The molecule has 120 valence electrons. The standard InChI is InChI=1S/C16H30N4S/c1-15(2,3)14-18-13(11-21-14)10-19-6-8-20(9-7-19)12-16(4,5)17/h11H,6-10,12,17H2,1-5H3. The third-order valence-corrected chi connectivity index (χ3v) is 4.99. The van der Waals surface area contributed by atoms with Crippen molar-refractivity contribution in [3.05, 3.63) is 16.1 Å². The van der Waals surface area contributed by atoms with Gasteiger partial charge in [-0.15, -0.1) is 11.3 Å². The van der Waals surface area contributed by atoms with Gasteiger partial charge in [0.1, 0.15) is 0 Å². The minimum Gasteiger partial charge on any atom is -0.324 e. The first-order chi connectivity index (χ1) is 9.63. The van der Waals surface area contributed by atoms with E-state index in [1.807, 2.05) is 0 Å². The van der Waals surface area contributed by atoms with Crippen LogP contribution in [-0.2, 0) is 12.0 Å². The fraction of sp³-hybridized carbons (Fsp3) is 0.812. The Morgan fingerprint density at radius 3 is 2.14 bits per heavy atom. The van der Waals surface area contributed by atoms with Crippen LogP contribution in [0.4, 0.5) is 0 Å². The van der Waals surface area contributed by atoms with Crippen molar-refractivity contribution in [3.63, 3.8) is 0 Å². The van der Waals surface area contributed by atoms with E-state index in [0.29, 0.717) is 0 Å². The maximum atomic E-state index is 6.10. The Bertz CT molecular complexity index is 448. The van der Waals surface area contributed by atoms with Crippen molar-refractivity contribution < 1.29 is 0 Å². The van der Waals surface area contributed by atoms with Crippen molar-refractivity contribution in [2.75, 3.05) is 32.7 Å². The van der Waals surface area contributed by atoms with Gasteiger partial charge < -0.3 is 5.73 Å². The fourth-order valence-electron chi connectivity index (χ4n) is 2.64. The van der Waals surface area contributed by atoms with Crippen LogP contribution in [0.15, 0.2) is 5.38 Å². The topological polar surface area (TPSA) is 45.4 Å². The number of nitrogens with zero attached hydrogens (tertiary/aromatic N) is 3. The predicted molar refractivity (Wildman–Crippen MR) is 90.8 cm³/mol. The molecule has 21 heavy (non-hydrogen) atoms. The van der Waals surface area contributed by atoms with Crippen molar-refractivity contribution in [2.24, 2.45) is 5.73 Å². The molecule has 1 aliphatic heterocycles. The minimum atomic E-state index is -0.0985. The molecule has 0 unspecified atom stereocenters. The highest BCUT2D eigenvalue weighted by molar-refractivity contribution is 7.09. The van der Waals surface area contributed by atoms with Crippen LogP contribution in [0.1, 0.15) is 45.3 Å². The van der Waals surface area contributed by atoms with Crippen LogP contribution in [0.5, 0.6) is 0 Å². The molecule has 2 rings (SSSR count). The summed E-state index contributed by atoms with van der Waals surface area (Å²) in [5.41, 5.74) is 7.39. The number of aromatic nitrogens is 1. The van der Waals surface area contributed by atoms with E-state index in [2.05, 4.69) is 49.8 Å². The molecule has 0 atom stereocenters. The summed E-state index contributed by atoms with van der Waals surface area (Å²) in [5, 5.41) is 3.46. The van der Waals surface area contributed by atoms with Crippen molar-refractivity contribution in [3.8, 4) is 0 Å². The number of thiazole rings is 1. The molecule has 1 aliphatic rings. The normalized spacial score (nSPS) is 19.1. The first-order valence-electron chi connectivity index (χ1n) is 7.82. The second-order valence-corrected chi connectivity index (χ2v) is 8.79. The zero-order valence-electron chi connectivity index (χ0n) is 14.1. The molecule has 1 aromatic rings. The first kappa shape index (κ1) is 16.9. The molecular weight excluding hydrogens is 280 g/mol. The molecule has 0 amide bonds. The molecule has 1 saturated heterocycles. The van der Waals surface area contributed by atoms with Gasteiger partial charge in [-0.25, -0.2) is 4.98 Å². The fourth-order valence-corrected chi connectivity index (χ4v) is 3.53. The monoisotopic (exact) mass is 310 g/mol. The first-order valence-corrected chi connectivity index (χ1v) is 8.70. The van der Waals surface area contributed by atoms with Gasteiger partial charge in [-0.1, -0.05) is 20.8 Å². The summed E-state index contributed by atoms with van der Waals surface area (Å²) in [6.07, 6.45) is 0. The number of nitrogens with two attached hydrogens (primary N) is 1. The summed E-state index contributed by atoms with van der Waals surface area (Å²) in [6.45, 7) is 17.3. The number of hydrogen-bond acceptors (Lipinski definition) is 5. The summed E-state index contributed by atoms with van der Waals surface area (Å²) in [4.78, 5) is 9.77. The Labute approximate surface area is 133 Å². The van der Waals surface area contributed by atoms with E-state index in [1.165, 1.54) is 10.7 Å². The third kappa shape index (κ3) is 5.33. The Morgan fingerprint density at radius 2 is 1.67 bits per heavy atom. The average molecular weight is 311 g/mol. The smallest absolute Gasteiger partial charge is 0.0982 e. The van der Waals surface area contributed by atoms with Crippen LogP contribution in [-0.4, -0.2) is 53.0 Å². The molecule has 1 fully saturated rings. The molecule has 2 heterocycles. The van der Waals surface area contributed by atoms with Crippen molar-refractivity contribution in [1.29, 1.82) is 0 Å². The molecule has 2 N–H and O–H groups in total. The lowest BCUT2D eigenvalue weighted by Gasteiger charge is -2.37. The molecule has 0 radical (unpaired) electrons. The van der Waals surface area contributed by atoms with Crippen molar-refractivity contribution in [1.82, 2.24) is 14.8 Å². The van der Waals surface area contributed by atoms with Gasteiger partial charge in [-0.05, 0) is 13.8 Å². The summed E-state index contributed by atoms with van der Waals surface area (Å²) in [7, 11) is 0. The van der Waals surface area contributed by atoms with E-state index >= 15 is 0 Å². The molecule has 0 spiro atoms. The van der Waals surface area contributed by atoms with Crippen molar-refractivity contribution >= 4 is 11.3 Å². The maximum absolute atomic E-state index is 6.10. The number of hydrogen-bond donors (Lipinski definition) is 1. The maximum Gasteiger partial charge on any atom is 0.0982 e. The lowest BCUT2D eigenvalue weighted by Crippen LogP contribution is -2.52. The van der Waals surface area contributed by atoms with Gasteiger partial charge in [0.2, 0.25) is 0 Å². The zero-order valence-corrected chi connectivity index (χ0v) is 15.0. The Morgan fingerprint density at radius 1 is 1.10 bits per heavy atom. The molecule has 0 aromatic carbocycles. The minimum absolute atomic E-state index is 0.0985. The van der Waals surface area contributed by atoms with Gasteiger partial charge >= 0.3 is 0 Å². The van der Waals surface area contributed by atoms with Crippen LogP contribution in [0.25, 0.3) is 0 Å². The molecule has 5 heteroatoms. The molecule has 4 nitrogen and oxygen atoms in total. The van der Waals surface area contributed by atoms with Gasteiger partial charge in [0, 0.05) is 55.6 Å². The van der Waals surface area contributed by atoms with Crippen LogP contribution >= 0.6 is 11.3 Å². The highest BCUT2D eigenvalue weighted by atomic mass is 32.1. The quantitative estimate of drug-likeness (QED) is 0.927. The van der Waals surface area contributed by atoms with E-state index in [1.54, 1.807) is 11.3 Å². The second-order valence-electron chi connectivity index (χ2n) is 7.93. The molecular formula is C16H30N4S. The highest BCUT2D eigenvalue weighted by Gasteiger charge is 2.23. The van der Waals surface area contributed by atoms with E-state index in [9.17, 15) is 0 Å². The molecule has 0 saturated carbocycles. The van der Waals surface area contributed by atoms with Gasteiger partial charge in [-0.3, -0.25) is 9.80 Å². The average Bonchev–Trinajstić information content (AvgIpc) is 2.78. The Kier molecular flexibility index (Phi) is 5.08. The third-order valence-electron chi connectivity index (χ3n) is 3.67. The largest absolute Gasteiger partial charge is 0.324 e. The predicted octanol–water partition coefficient (Wildman–Crippen LogP) is 2.30. The van der Waals surface area contributed by atoms with E-state index in [0.717, 1.165) is 39.3 Å². The van der Waals surface area contributed by atoms with E-state index in [4.69, 9.17) is 10.7 Å². The number of rotatable bonds is 4. The SMILES string of the molecule is CC(C)(N)CN1CCN(Cc2csc(C(C)(C)C)n2)CC1. The van der Waals surface area contributed by atoms with E-state index < -0.39 is 0 Å². The molecule has 0 aliphatic carbocycles. The highest BCUT2D eigenvalue weighted by Crippen LogP contribution is 2.26. The van der Waals surface area contributed by atoms with E-state index in [-0.39, 0.29) is 11.0 Å². The van der Waals surface area contributed by atoms with Crippen molar-refractivity contribution in [2.45, 2.75) is 52.1 Å². The van der Waals surface area contributed by atoms with Gasteiger partial charge in [0.15, 0.2) is 0 Å². The Balaban J connectivity index is 1.82. The number of piperazine rings is 1. The summed E-state index contributed by atoms with van der Waals surface area (Å²) in [6, 6.07) is 0. The van der Waals surface area contributed by atoms with Crippen LogP contribution in [0.3, 0.4) is 0 Å². The van der Waals surface area contributed by atoms with Gasteiger partial charge in [0.25, 0.3) is 0 Å². The summed E-state index contributed by atoms with van der Waals surface area (Å²) < 4.78 is 0. The molecule has 0 bridgehead atoms. The summed E-state index contributed by atoms with van der Waals surface area (Å²) >= 11 is 1.79. The van der Waals surface area contributed by atoms with Gasteiger partial charge in [0.05, 0.1) is 10.7 Å². The van der Waals surface area contributed by atoms with Crippen LogP contribution in [0, 0.1) is 0 Å². The molecule has 1 aromatic heterocycles. The lowest BCUT2D eigenvalue weighted by atomic mass is 9.98. The lowest BCUT2D eigenvalue weighted by molar-refractivity contribution is 0.111. The van der Waals surface area contributed by atoms with Crippen LogP contribution in [0.2, 0.25) is 0 Å².